The van der Waals surface area contributed by atoms with E-state index < -0.39 is 15.9 Å². The van der Waals surface area contributed by atoms with Crippen molar-refractivity contribution in [3.8, 4) is 11.3 Å². The second kappa shape index (κ2) is 7.03. The van der Waals surface area contributed by atoms with Gasteiger partial charge in [0.25, 0.3) is 5.91 Å². The Kier molecular flexibility index (Phi) is 4.57. The van der Waals surface area contributed by atoms with Crippen molar-refractivity contribution in [2.24, 2.45) is 0 Å². The van der Waals surface area contributed by atoms with Gasteiger partial charge in [0.05, 0.1) is 24.3 Å². The van der Waals surface area contributed by atoms with Crippen molar-refractivity contribution in [3.63, 3.8) is 0 Å². The summed E-state index contributed by atoms with van der Waals surface area (Å²) in [5, 5.41) is 3.90. The second-order valence-corrected chi connectivity index (χ2v) is 8.74. The molecule has 3 heterocycles. The zero-order valence-electron chi connectivity index (χ0n) is 14.4. The molecule has 27 heavy (non-hydrogen) atoms. The van der Waals surface area contributed by atoms with Crippen LogP contribution in [0.15, 0.2) is 63.7 Å². The third kappa shape index (κ3) is 3.80. The van der Waals surface area contributed by atoms with E-state index in [9.17, 15) is 13.2 Å². The number of furan rings is 1. The van der Waals surface area contributed by atoms with E-state index in [0.717, 1.165) is 5.56 Å². The first-order chi connectivity index (χ1) is 13.0. The van der Waals surface area contributed by atoms with E-state index in [4.69, 9.17) is 8.94 Å². The second-order valence-electron chi connectivity index (χ2n) is 6.51. The number of carbonyl (C=O) groups is 1. The van der Waals surface area contributed by atoms with Crippen molar-refractivity contribution in [1.82, 2.24) is 10.1 Å². The molecule has 8 heteroatoms. The maximum absolute atomic E-state index is 13.1. The largest absolute Gasteiger partial charge is 0.467 e. The first-order valence-corrected chi connectivity index (χ1v) is 10.4. The van der Waals surface area contributed by atoms with Crippen LogP contribution in [0.5, 0.6) is 0 Å². The van der Waals surface area contributed by atoms with Crippen LogP contribution in [-0.4, -0.2) is 41.9 Å². The van der Waals surface area contributed by atoms with E-state index in [0.29, 0.717) is 17.9 Å². The van der Waals surface area contributed by atoms with Gasteiger partial charge in [-0.1, -0.05) is 35.5 Å². The molecule has 0 aliphatic carbocycles. The summed E-state index contributed by atoms with van der Waals surface area (Å²) in [7, 11) is -3.14. The molecule has 1 aliphatic heterocycles. The molecule has 1 saturated heterocycles. The van der Waals surface area contributed by atoms with Crippen molar-refractivity contribution < 1.29 is 22.2 Å². The fourth-order valence-corrected chi connectivity index (χ4v) is 4.95. The lowest BCUT2D eigenvalue weighted by atomic mass is 10.1. The minimum atomic E-state index is -3.14. The van der Waals surface area contributed by atoms with Crippen LogP contribution in [0, 0.1) is 0 Å². The van der Waals surface area contributed by atoms with Gasteiger partial charge >= 0.3 is 0 Å². The molecule has 0 radical (unpaired) electrons. The maximum atomic E-state index is 13.1. The lowest BCUT2D eigenvalue weighted by Gasteiger charge is -2.26. The molecule has 3 aromatic rings. The Morgan fingerprint density at radius 3 is 2.67 bits per heavy atom. The number of sulfone groups is 1. The van der Waals surface area contributed by atoms with E-state index in [1.807, 2.05) is 30.3 Å². The number of benzene rings is 1. The standard InChI is InChI=1S/C19H18N2O5S/c22-19(17-11-18(26-20-17)14-5-2-1-3-6-14)21(12-16-7-4-9-25-16)15-8-10-27(23,24)13-15/h1-7,9,11,15H,8,10,12-13H2/t15-/m0/s1. The van der Waals surface area contributed by atoms with Gasteiger partial charge in [-0.15, -0.1) is 0 Å². The summed E-state index contributed by atoms with van der Waals surface area (Å²) in [5.41, 5.74) is 0.954. The topological polar surface area (TPSA) is 93.6 Å². The van der Waals surface area contributed by atoms with E-state index in [2.05, 4.69) is 5.16 Å². The summed E-state index contributed by atoms with van der Waals surface area (Å²) in [6.45, 7) is 0.180. The van der Waals surface area contributed by atoms with Gasteiger partial charge in [-0.25, -0.2) is 8.42 Å². The Morgan fingerprint density at radius 2 is 2.00 bits per heavy atom. The molecule has 140 valence electrons. The number of carbonyl (C=O) groups excluding carboxylic acids is 1. The van der Waals surface area contributed by atoms with Crippen LogP contribution < -0.4 is 0 Å². The van der Waals surface area contributed by atoms with Crippen molar-refractivity contribution >= 4 is 15.7 Å². The fourth-order valence-electron chi connectivity index (χ4n) is 3.22. The summed E-state index contributed by atoms with van der Waals surface area (Å²) < 4.78 is 34.5. The molecule has 0 N–H and O–H groups in total. The van der Waals surface area contributed by atoms with Crippen LogP contribution in [0.4, 0.5) is 0 Å². The van der Waals surface area contributed by atoms with Gasteiger partial charge in [0, 0.05) is 17.7 Å². The van der Waals surface area contributed by atoms with Crippen LogP contribution in [0.2, 0.25) is 0 Å². The van der Waals surface area contributed by atoms with Crippen molar-refractivity contribution in [3.05, 3.63) is 66.2 Å². The Labute approximate surface area is 156 Å². The zero-order chi connectivity index (χ0) is 18.9. The van der Waals surface area contributed by atoms with Gasteiger partial charge in [0.15, 0.2) is 21.3 Å². The van der Waals surface area contributed by atoms with Crippen LogP contribution in [-0.2, 0) is 16.4 Å². The highest BCUT2D eigenvalue weighted by Gasteiger charge is 2.36. The summed E-state index contributed by atoms with van der Waals surface area (Å²) in [5.74, 6) is 0.714. The number of amides is 1. The summed E-state index contributed by atoms with van der Waals surface area (Å²) >= 11 is 0. The Hall–Kier alpha value is -2.87. The van der Waals surface area contributed by atoms with Crippen LogP contribution in [0.1, 0.15) is 22.7 Å². The van der Waals surface area contributed by atoms with Crippen molar-refractivity contribution in [2.75, 3.05) is 11.5 Å². The molecule has 0 saturated carbocycles. The SMILES string of the molecule is O=C(c1cc(-c2ccccc2)on1)N(Cc1ccco1)[C@H]1CCS(=O)(=O)C1. The highest BCUT2D eigenvalue weighted by Crippen LogP contribution is 2.25. The minimum absolute atomic E-state index is 0.0527. The highest BCUT2D eigenvalue weighted by molar-refractivity contribution is 7.91. The predicted molar refractivity (Wildman–Crippen MR) is 97.6 cm³/mol. The average molecular weight is 386 g/mol. The smallest absolute Gasteiger partial charge is 0.276 e. The number of nitrogens with zero attached hydrogens (tertiary/aromatic N) is 2. The van der Waals surface area contributed by atoms with E-state index in [1.165, 1.54) is 11.2 Å². The molecular weight excluding hydrogens is 368 g/mol. The molecule has 7 nitrogen and oxygen atoms in total. The summed E-state index contributed by atoms with van der Waals surface area (Å²) in [6, 6.07) is 14.0. The van der Waals surface area contributed by atoms with Crippen LogP contribution in [0.25, 0.3) is 11.3 Å². The first-order valence-electron chi connectivity index (χ1n) is 8.58. The lowest BCUT2D eigenvalue weighted by Crippen LogP contribution is -2.40. The zero-order valence-corrected chi connectivity index (χ0v) is 15.3. The fraction of sp³-hybridized carbons (Fsp3) is 0.263. The van der Waals surface area contributed by atoms with Gasteiger partial charge in [-0.05, 0) is 18.6 Å². The van der Waals surface area contributed by atoms with Crippen LogP contribution in [0.3, 0.4) is 0 Å². The van der Waals surface area contributed by atoms with Crippen molar-refractivity contribution in [2.45, 2.75) is 19.0 Å². The number of aromatic nitrogens is 1. The molecule has 1 aromatic carbocycles. The number of rotatable bonds is 5. The molecule has 1 atom stereocenters. The van der Waals surface area contributed by atoms with E-state index in [1.54, 1.807) is 18.2 Å². The summed E-state index contributed by atoms with van der Waals surface area (Å²) in [6.07, 6.45) is 1.92. The third-order valence-electron chi connectivity index (χ3n) is 4.60. The van der Waals surface area contributed by atoms with Crippen molar-refractivity contribution in [1.29, 1.82) is 0 Å². The normalized spacial score (nSPS) is 18.4. The van der Waals surface area contributed by atoms with E-state index in [-0.39, 0.29) is 29.7 Å². The van der Waals surface area contributed by atoms with Gasteiger partial charge in [-0.2, -0.15) is 0 Å². The monoisotopic (exact) mass is 386 g/mol. The van der Waals surface area contributed by atoms with Gasteiger partial charge in [-0.3, -0.25) is 4.79 Å². The number of hydrogen-bond acceptors (Lipinski definition) is 6. The Balaban J connectivity index is 1.61. The average Bonchev–Trinajstić information content (AvgIpc) is 3.41. The Bertz CT molecular complexity index is 1030. The summed E-state index contributed by atoms with van der Waals surface area (Å²) in [4.78, 5) is 14.6. The molecule has 0 unspecified atom stereocenters. The molecule has 1 amide bonds. The molecule has 4 rings (SSSR count). The third-order valence-corrected chi connectivity index (χ3v) is 6.35. The molecule has 2 aromatic heterocycles. The maximum Gasteiger partial charge on any atom is 0.276 e. The van der Waals surface area contributed by atoms with Crippen LogP contribution >= 0.6 is 0 Å². The lowest BCUT2D eigenvalue weighted by molar-refractivity contribution is 0.0655. The highest BCUT2D eigenvalue weighted by atomic mass is 32.2. The predicted octanol–water partition coefficient (Wildman–Crippen LogP) is 2.76. The van der Waals surface area contributed by atoms with Gasteiger partial charge in [0.1, 0.15) is 5.76 Å². The minimum Gasteiger partial charge on any atom is -0.467 e. The molecule has 0 bridgehead atoms. The van der Waals surface area contributed by atoms with Gasteiger partial charge < -0.3 is 13.8 Å². The van der Waals surface area contributed by atoms with Gasteiger partial charge in [0.2, 0.25) is 0 Å². The first kappa shape index (κ1) is 17.5. The van der Waals surface area contributed by atoms with E-state index >= 15 is 0 Å². The molecule has 1 aliphatic rings. The Morgan fingerprint density at radius 1 is 1.19 bits per heavy atom. The molecule has 0 spiro atoms. The number of hydrogen-bond donors (Lipinski definition) is 0. The quantitative estimate of drug-likeness (QED) is 0.669. The molecular formula is C19H18N2O5S. The molecule has 1 fully saturated rings.